The van der Waals surface area contributed by atoms with Crippen LogP contribution in [0, 0.1) is 17.0 Å². The van der Waals surface area contributed by atoms with Gasteiger partial charge in [-0.1, -0.05) is 12.1 Å². The molecule has 0 spiro atoms. The molecule has 0 saturated carbocycles. The van der Waals surface area contributed by atoms with Crippen LogP contribution in [0.2, 0.25) is 0 Å². The van der Waals surface area contributed by atoms with Crippen molar-refractivity contribution in [2.45, 2.75) is 13.0 Å². The van der Waals surface area contributed by atoms with Crippen molar-refractivity contribution in [3.05, 3.63) is 63.7 Å². The van der Waals surface area contributed by atoms with Crippen molar-refractivity contribution in [3.8, 4) is 11.5 Å². The summed E-state index contributed by atoms with van der Waals surface area (Å²) < 4.78 is 16.5. The molecular formula is C17H15NO6. The normalized spacial score (nSPS) is 15.6. The van der Waals surface area contributed by atoms with Crippen LogP contribution >= 0.6 is 0 Å². The first kappa shape index (κ1) is 15.8. The van der Waals surface area contributed by atoms with Gasteiger partial charge in [0, 0.05) is 11.6 Å². The molecule has 1 atom stereocenters. The second-order valence-corrected chi connectivity index (χ2v) is 5.35. The van der Waals surface area contributed by atoms with Crippen LogP contribution in [0.5, 0.6) is 11.5 Å². The van der Waals surface area contributed by atoms with E-state index in [1.807, 2.05) is 12.1 Å². The van der Waals surface area contributed by atoms with Gasteiger partial charge in [-0.05, 0) is 31.2 Å². The standard InChI is InChI=1S/C17H15NO6/c1-11-8-12(6-7-14(11)18(20)21)17(19)23-10-13-9-22-15-4-2-3-5-16(15)24-13/h2-8,13H,9-10H2,1H3/t13-/m1/s1. The van der Waals surface area contributed by atoms with Gasteiger partial charge in [-0.2, -0.15) is 0 Å². The molecule has 3 rings (SSSR count). The van der Waals surface area contributed by atoms with Crippen LogP contribution in [-0.2, 0) is 4.74 Å². The molecule has 1 heterocycles. The Labute approximate surface area is 137 Å². The van der Waals surface area contributed by atoms with Crippen molar-refractivity contribution in [1.29, 1.82) is 0 Å². The number of nitro groups is 1. The smallest absolute Gasteiger partial charge is 0.338 e. The van der Waals surface area contributed by atoms with Gasteiger partial charge in [0.15, 0.2) is 17.6 Å². The average Bonchev–Trinajstić information content (AvgIpc) is 2.59. The van der Waals surface area contributed by atoms with Gasteiger partial charge in [-0.3, -0.25) is 10.1 Å². The van der Waals surface area contributed by atoms with Crippen LogP contribution in [0.3, 0.4) is 0 Å². The van der Waals surface area contributed by atoms with E-state index in [9.17, 15) is 14.9 Å². The van der Waals surface area contributed by atoms with Gasteiger partial charge < -0.3 is 14.2 Å². The third kappa shape index (κ3) is 3.29. The molecule has 0 unspecified atom stereocenters. The molecular weight excluding hydrogens is 314 g/mol. The Bertz CT molecular complexity index is 788. The van der Waals surface area contributed by atoms with Crippen LogP contribution in [-0.4, -0.2) is 30.2 Å². The Kier molecular flexibility index (Phi) is 4.33. The van der Waals surface area contributed by atoms with E-state index in [2.05, 4.69) is 0 Å². The van der Waals surface area contributed by atoms with E-state index in [0.717, 1.165) is 0 Å². The fraction of sp³-hybridized carbons (Fsp3) is 0.235. The van der Waals surface area contributed by atoms with Crippen molar-refractivity contribution < 1.29 is 23.9 Å². The predicted molar refractivity (Wildman–Crippen MR) is 84.5 cm³/mol. The maximum Gasteiger partial charge on any atom is 0.338 e. The van der Waals surface area contributed by atoms with Crippen LogP contribution in [0.4, 0.5) is 5.69 Å². The first-order valence-corrected chi connectivity index (χ1v) is 7.35. The number of carbonyl (C=O) groups excluding carboxylic acids is 1. The summed E-state index contributed by atoms with van der Waals surface area (Å²) in [5, 5.41) is 10.8. The van der Waals surface area contributed by atoms with Crippen molar-refractivity contribution in [2.75, 3.05) is 13.2 Å². The molecule has 0 aromatic heterocycles. The van der Waals surface area contributed by atoms with Crippen LogP contribution in [0.15, 0.2) is 42.5 Å². The summed E-state index contributed by atoms with van der Waals surface area (Å²) in [7, 11) is 0. The third-order valence-electron chi connectivity index (χ3n) is 3.60. The highest BCUT2D eigenvalue weighted by molar-refractivity contribution is 5.90. The number of nitro benzene ring substituents is 1. The number of rotatable bonds is 4. The van der Waals surface area contributed by atoms with Gasteiger partial charge in [-0.15, -0.1) is 0 Å². The molecule has 0 fully saturated rings. The highest BCUT2D eigenvalue weighted by atomic mass is 16.6. The molecule has 1 aliphatic rings. The number of hydrogen-bond acceptors (Lipinski definition) is 6. The molecule has 24 heavy (non-hydrogen) atoms. The molecule has 1 aliphatic heterocycles. The fourth-order valence-corrected chi connectivity index (χ4v) is 2.38. The summed E-state index contributed by atoms with van der Waals surface area (Å²) in [6.07, 6.45) is -0.400. The van der Waals surface area contributed by atoms with E-state index in [1.165, 1.54) is 18.2 Å². The largest absolute Gasteiger partial charge is 0.486 e. The lowest BCUT2D eigenvalue weighted by molar-refractivity contribution is -0.385. The van der Waals surface area contributed by atoms with E-state index < -0.39 is 17.0 Å². The van der Waals surface area contributed by atoms with Crippen molar-refractivity contribution in [2.24, 2.45) is 0 Å². The van der Waals surface area contributed by atoms with Gasteiger partial charge in [0.1, 0.15) is 13.2 Å². The average molecular weight is 329 g/mol. The van der Waals surface area contributed by atoms with Gasteiger partial charge in [-0.25, -0.2) is 4.79 Å². The molecule has 0 N–H and O–H groups in total. The SMILES string of the molecule is Cc1cc(C(=O)OC[C@H]2COc3ccccc3O2)ccc1[N+](=O)[O-]. The highest BCUT2D eigenvalue weighted by Crippen LogP contribution is 2.31. The molecule has 0 bridgehead atoms. The fourth-order valence-electron chi connectivity index (χ4n) is 2.38. The molecule has 0 aliphatic carbocycles. The number of esters is 1. The van der Waals surface area contributed by atoms with Crippen molar-refractivity contribution >= 4 is 11.7 Å². The van der Waals surface area contributed by atoms with Crippen LogP contribution in [0.25, 0.3) is 0 Å². The lowest BCUT2D eigenvalue weighted by Crippen LogP contribution is -2.34. The molecule has 7 nitrogen and oxygen atoms in total. The number of benzene rings is 2. The van der Waals surface area contributed by atoms with E-state index >= 15 is 0 Å². The maximum atomic E-state index is 12.1. The minimum Gasteiger partial charge on any atom is -0.486 e. The quantitative estimate of drug-likeness (QED) is 0.487. The van der Waals surface area contributed by atoms with Crippen molar-refractivity contribution in [1.82, 2.24) is 0 Å². The number of para-hydroxylation sites is 2. The zero-order valence-corrected chi connectivity index (χ0v) is 12.9. The third-order valence-corrected chi connectivity index (χ3v) is 3.60. The van der Waals surface area contributed by atoms with E-state index in [-0.39, 0.29) is 24.5 Å². The van der Waals surface area contributed by atoms with Gasteiger partial charge in [0.2, 0.25) is 0 Å². The summed E-state index contributed by atoms with van der Waals surface area (Å²) in [5.74, 6) is 0.706. The zero-order valence-electron chi connectivity index (χ0n) is 12.9. The first-order valence-electron chi connectivity index (χ1n) is 7.35. The molecule has 7 heteroatoms. The minimum absolute atomic E-state index is 0.0310. The van der Waals surface area contributed by atoms with Gasteiger partial charge in [0.05, 0.1) is 10.5 Å². The zero-order chi connectivity index (χ0) is 17.1. The number of aryl methyl sites for hydroxylation is 1. The van der Waals surface area contributed by atoms with Crippen LogP contribution < -0.4 is 9.47 Å². The van der Waals surface area contributed by atoms with Gasteiger partial charge >= 0.3 is 5.97 Å². The van der Waals surface area contributed by atoms with E-state index in [0.29, 0.717) is 17.1 Å². The topological polar surface area (TPSA) is 87.9 Å². The van der Waals surface area contributed by atoms with E-state index in [1.54, 1.807) is 19.1 Å². The molecule has 0 amide bonds. The minimum atomic E-state index is -0.560. The Balaban J connectivity index is 1.60. The van der Waals surface area contributed by atoms with Gasteiger partial charge in [0.25, 0.3) is 5.69 Å². The number of fused-ring (bicyclic) bond motifs is 1. The lowest BCUT2D eigenvalue weighted by Gasteiger charge is -2.26. The Morgan fingerprint density at radius 3 is 2.75 bits per heavy atom. The monoisotopic (exact) mass is 329 g/mol. The predicted octanol–water partition coefficient (Wildman–Crippen LogP) is 2.90. The lowest BCUT2D eigenvalue weighted by atomic mass is 10.1. The molecule has 124 valence electrons. The Morgan fingerprint density at radius 1 is 1.29 bits per heavy atom. The summed E-state index contributed by atoms with van der Waals surface area (Å²) >= 11 is 0. The number of nitrogens with zero attached hydrogens (tertiary/aromatic N) is 1. The molecule has 0 radical (unpaired) electrons. The summed E-state index contributed by atoms with van der Waals surface area (Å²) in [4.78, 5) is 22.4. The number of ether oxygens (including phenoxy) is 3. The Morgan fingerprint density at radius 2 is 2.04 bits per heavy atom. The second-order valence-electron chi connectivity index (χ2n) is 5.35. The number of carbonyl (C=O) groups is 1. The molecule has 0 saturated heterocycles. The Hall–Kier alpha value is -3.09. The van der Waals surface area contributed by atoms with E-state index in [4.69, 9.17) is 14.2 Å². The molecule has 2 aromatic carbocycles. The highest BCUT2D eigenvalue weighted by Gasteiger charge is 2.23. The van der Waals surface area contributed by atoms with Crippen LogP contribution in [0.1, 0.15) is 15.9 Å². The second kappa shape index (κ2) is 6.57. The maximum absolute atomic E-state index is 12.1. The van der Waals surface area contributed by atoms with Crippen molar-refractivity contribution in [3.63, 3.8) is 0 Å². The summed E-state index contributed by atoms with van der Waals surface area (Å²) in [6.45, 7) is 1.89. The summed E-state index contributed by atoms with van der Waals surface area (Å²) in [5.41, 5.74) is 0.628. The first-order chi connectivity index (χ1) is 11.5. The molecule has 2 aromatic rings. The summed E-state index contributed by atoms with van der Waals surface area (Å²) in [6, 6.07) is 11.4. The number of hydrogen-bond donors (Lipinski definition) is 0.